The van der Waals surface area contributed by atoms with Crippen LogP contribution in [0.5, 0.6) is 0 Å². The second kappa shape index (κ2) is 7.00. The summed E-state index contributed by atoms with van der Waals surface area (Å²) >= 11 is 0. The van der Waals surface area contributed by atoms with Crippen LogP contribution in [-0.2, 0) is 17.3 Å². The number of rotatable bonds is 6. The first kappa shape index (κ1) is 14.5. The van der Waals surface area contributed by atoms with Crippen LogP contribution in [0.1, 0.15) is 12.8 Å². The Morgan fingerprint density at radius 2 is 2.10 bits per heavy atom. The maximum atomic E-state index is 12.3. The van der Waals surface area contributed by atoms with Crippen LogP contribution in [0.15, 0.2) is 53.7 Å². The molecule has 112 valence electrons. The Balaban J connectivity index is 1.53. The first-order chi connectivity index (χ1) is 10.3. The van der Waals surface area contributed by atoms with Crippen LogP contribution in [0.4, 0.5) is 0 Å². The van der Waals surface area contributed by atoms with Gasteiger partial charge in [-0.2, -0.15) is 5.10 Å². The molecule has 0 N–H and O–H groups in total. The van der Waals surface area contributed by atoms with Crippen LogP contribution in [-0.4, -0.2) is 43.8 Å². The Morgan fingerprint density at radius 3 is 2.86 bits per heavy atom. The Hall–Kier alpha value is -1.46. The number of likely N-dealkylation sites (tertiary alicyclic amines) is 1. The lowest BCUT2D eigenvalue weighted by Gasteiger charge is -2.24. The molecule has 0 radical (unpaired) electrons. The quantitative estimate of drug-likeness (QED) is 0.821. The highest BCUT2D eigenvalue weighted by molar-refractivity contribution is 7.85. The van der Waals surface area contributed by atoms with Crippen molar-refractivity contribution < 1.29 is 4.21 Å². The average Bonchev–Trinajstić information content (AvgIpc) is 3.18. The van der Waals surface area contributed by atoms with Crippen molar-refractivity contribution in [2.45, 2.75) is 30.3 Å². The van der Waals surface area contributed by atoms with E-state index in [1.165, 1.54) is 12.8 Å². The first-order valence-corrected chi connectivity index (χ1v) is 8.80. The predicted octanol–water partition coefficient (Wildman–Crippen LogP) is 2.16. The van der Waals surface area contributed by atoms with Gasteiger partial charge in [0.2, 0.25) is 0 Å². The molecule has 0 spiro atoms. The third-order valence-electron chi connectivity index (χ3n) is 4.03. The minimum Gasteiger partial charge on any atom is -0.298 e. The van der Waals surface area contributed by atoms with Gasteiger partial charge in [0.15, 0.2) is 0 Å². The fourth-order valence-corrected chi connectivity index (χ4v) is 4.01. The highest BCUT2D eigenvalue weighted by Gasteiger charge is 2.25. The molecule has 0 bridgehead atoms. The van der Waals surface area contributed by atoms with Crippen molar-refractivity contribution in [3.05, 3.63) is 48.8 Å². The van der Waals surface area contributed by atoms with Gasteiger partial charge in [-0.1, -0.05) is 18.2 Å². The SMILES string of the molecule is O=[S@](CCN1CCC[C@@H]1Cn1cccn1)c1ccccc1. The minimum absolute atomic E-state index is 0.526. The topological polar surface area (TPSA) is 38.1 Å². The van der Waals surface area contributed by atoms with Gasteiger partial charge in [-0.3, -0.25) is 13.8 Å². The molecule has 1 fully saturated rings. The lowest BCUT2D eigenvalue weighted by molar-refractivity contribution is 0.240. The van der Waals surface area contributed by atoms with E-state index in [0.29, 0.717) is 11.8 Å². The van der Waals surface area contributed by atoms with E-state index < -0.39 is 10.8 Å². The lowest BCUT2D eigenvalue weighted by Crippen LogP contribution is -2.35. The van der Waals surface area contributed by atoms with Crippen LogP contribution in [0.2, 0.25) is 0 Å². The molecule has 1 saturated heterocycles. The van der Waals surface area contributed by atoms with Gasteiger partial charge in [-0.05, 0) is 37.6 Å². The Bertz CT molecular complexity index is 570. The normalized spacial score (nSPS) is 20.7. The molecule has 1 aliphatic heterocycles. The second-order valence-corrected chi connectivity index (χ2v) is 6.99. The molecular formula is C16H21N3OS. The van der Waals surface area contributed by atoms with Crippen LogP contribution in [0.3, 0.4) is 0 Å². The van der Waals surface area contributed by atoms with Crippen LogP contribution in [0, 0.1) is 0 Å². The zero-order valence-corrected chi connectivity index (χ0v) is 12.9. The third-order valence-corrected chi connectivity index (χ3v) is 5.38. The molecule has 2 heterocycles. The predicted molar refractivity (Wildman–Crippen MR) is 84.5 cm³/mol. The molecule has 1 aromatic carbocycles. The number of nitrogens with zero attached hydrogens (tertiary/aromatic N) is 3. The van der Waals surface area contributed by atoms with Crippen LogP contribution >= 0.6 is 0 Å². The summed E-state index contributed by atoms with van der Waals surface area (Å²) in [7, 11) is -0.897. The summed E-state index contributed by atoms with van der Waals surface area (Å²) in [6, 6.07) is 12.2. The second-order valence-electron chi connectivity index (χ2n) is 5.42. The van der Waals surface area contributed by atoms with Crippen molar-refractivity contribution in [1.82, 2.24) is 14.7 Å². The number of benzene rings is 1. The van der Waals surface area contributed by atoms with E-state index in [-0.39, 0.29) is 0 Å². The molecule has 0 unspecified atom stereocenters. The summed E-state index contributed by atoms with van der Waals surface area (Å²) in [4.78, 5) is 3.39. The van der Waals surface area contributed by atoms with Crippen molar-refractivity contribution >= 4 is 10.8 Å². The maximum absolute atomic E-state index is 12.3. The van der Waals surface area contributed by atoms with E-state index in [2.05, 4.69) is 10.00 Å². The fourth-order valence-electron chi connectivity index (χ4n) is 2.91. The monoisotopic (exact) mass is 303 g/mol. The molecule has 3 rings (SSSR count). The molecular weight excluding hydrogens is 282 g/mol. The molecule has 0 aliphatic carbocycles. The van der Waals surface area contributed by atoms with E-state index in [9.17, 15) is 4.21 Å². The van der Waals surface area contributed by atoms with Gasteiger partial charge >= 0.3 is 0 Å². The van der Waals surface area contributed by atoms with Crippen molar-refractivity contribution in [2.75, 3.05) is 18.8 Å². The van der Waals surface area contributed by atoms with Gasteiger partial charge < -0.3 is 0 Å². The summed E-state index contributed by atoms with van der Waals surface area (Å²) in [5.41, 5.74) is 0. The smallest absolute Gasteiger partial charge is 0.0564 e. The van der Waals surface area contributed by atoms with Gasteiger partial charge in [0, 0.05) is 35.6 Å². The van der Waals surface area contributed by atoms with E-state index in [0.717, 1.165) is 24.5 Å². The Morgan fingerprint density at radius 1 is 1.24 bits per heavy atom. The van der Waals surface area contributed by atoms with E-state index in [1.807, 2.05) is 53.5 Å². The van der Waals surface area contributed by atoms with Crippen molar-refractivity contribution in [3.8, 4) is 0 Å². The molecule has 1 aromatic heterocycles. The van der Waals surface area contributed by atoms with Gasteiger partial charge in [0.25, 0.3) is 0 Å². The first-order valence-electron chi connectivity index (χ1n) is 7.48. The van der Waals surface area contributed by atoms with E-state index >= 15 is 0 Å². The van der Waals surface area contributed by atoms with Gasteiger partial charge in [-0.15, -0.1) is 0 Å². The van der Waals surface area contributed by atoms with Crippen molar-refractivity contribution in [2.24, 2.45) is 0 Å². The molecule has 0 saturated carbocycles. The zero-order valence-electron chi connectivity index (χ0n) is 12.1. The number of hydrogen-bond acceptors (Lipinski definition) is 3. The summed E-state index contributed by atoms with van der Waals surface area (Å²) in [6.07, 6.45) is 6.27. The van der Waals surface area contributed by atoms with Crippen LogP contribution < -0.4 is 0 Å². The largest absolute Gasteiger partial charge is 0.298 e. The standard InChI is InChI=1S/C16H21N3OS/c20-21(16-7-2-1-3-8-16)13-12-18-10-4-6-15(18)14-19-11-5-9-17-19/h1-3,5,7-9,11,15H,4,6,10,12-14H2/t15-,21-/m1/s1. The van der Waals surface area contributed by atoms with Gasteiger partial charge in [0.1, 0.15) is 0 Å². The molecule has 4 nitrogen and oxygen atoms in total. The molecule has 2 atom stereocenters. The van der Waals surface area contributed by atoms with Gasteiger partial charge in [-0.25, -0.2) is 0 Å². The maximum Gasteiger partial charge on any atom is 0.0564 e. The zero-order chi connectivity index (χ0) is 14.5. The summed E-state index contributed by atoms with van der Waals surface area (Å²) < 4.78 is 14.3. The molecule has 1 aliphatic rings. The number of aromatic nitrogens is 2. The van der Waals surface area contributed by atoms with E-state index in [1.54, 1.807) is 0 Å². The molecule has 5 heteroatoms. The lowest BCUT2D eigenvalue weighted by atomic mass is 10.2. The summed E-state index contributed by atoms with van der Waals surface area (Å²) in [5, 5.41) is 4.29. The summed E-state index contributed by atoms with van der Waals surface area (Å²) in [5.74, 6) is 0.708. The van der Waals surface area contributed by atoms with Crippen molar-refractivity contribution in [3.63, 3.8) is 0 Å². The Kier molecular flexibility index (Phi) is 4.83. The third kappa shape index (κ3) is 3.80. The highest BCUT2D eigenvalue weighted by atomic mass is 32.2. The molecule has 2 aromatic rings. The minimum atomic E-state index is -0.897. The van der Waals surface area contributed by atoms with Crippen LogP contribution in [0.25, 0.3) is 0 Å². The van der Waals surface area contributed by atoms with Gasteiger partial charge in [0.05, 0.1) is 17.3 Å². The number of hydrogen-bond donors (Lipinski definition) is 0. The molecule has 21 heavy (non-hydrogen) atoms. The average molecular weight is 303 g/mol. The molecule has 0 amide bonds. The highest BCUT2D eigenvalue weighted by Crippen LogP contribution is 2.19. The van der Waals surface area contributed by atoms with E-state index in [4.69, 9.17) is 0 Å². The fraction of sp³-hybridized carbons (Fsp3) is 0.438. The van der Waals surface area contributed by atoms with Crippen molar-refractivity contribution in [1.29, 1.82) is 0 Å². The Labute approximate surface area is 128 Å². The summed E-state index contributed by atoms with van der Waals surface area (Å²) in [6.45, 7) is 2.94.